The predicted octanol–water partition coefficient (Wildman–Crippen LogP) is 6.43. The zero-order chi connectivity index (χ0) is 15.6. The van der Waals surface area contributed by atoms with Crippen LogP contribution in [-0.4, -0.2) is 6.29 Å². The number of aldehydes is 1. The van der Waals surface area contributed by atoms with Gasteiger partial charge >= 0.3 is 0 Å². The highest BCUT2D eigenvalue weighted by Gasteiger charge is 2.19. The third kappa shape index (κ3) is 3.45. The molecule has 1 aromatic carbocycles. The van der Waals surface area contributed by atoms with E-state index in [9.17, 15) is 4.79 Å². The molecule has 3 heteroatoms. The van der Waals surface area contributed by atoms with Crippen LogP contribution in [0.15, 0.2) is 29.8 Å². The summed E-state index contributed by atoms with van der Waals surface area (Å²) in [6, 6.07) is 7.79. The molecule has 2 rings (SSSR count). The minimum atomic E-state index is 0.334. The van der Waals surface area contributed by atoms with Crippen molar-refractivity contribution in [3.05, 3.63) is 50.9 Å². The van der Waals surface area contributed by atoms with E-state index in [1.807, 2.05) is 38.1 Å². The largest absolute Gasteiger partial charge is 0.298 e. The number of hydrogen-bond donors (Lipinski definition) is 0. The topological polar surface area (TPSA) is 17.1 Å². The van der Waals surface area contributed by atoms with E-state index in [2.05, 4.69) is 19.9 Å². The maximum absolute atomic E-state index is 11.6. The molecule has 0 unspecified atom stereocenters. The van der Waals surface area contributed by atoms with Gasteiger partial charge in [0.05, 0.1) is 0 Å². The Morgan fingerprint density at radius 2 is 1.76 bits per heavy atom. The molecule has 0 spiro atoms. The van der Waals surface area contributed by atoms with Gasteiger partial charge in [-0.25, -0.2) is 0 Å². The SMILES string of the molecule is CC(C)=Cc1c(-c2ccc(Cl)cc2)sc(C(C)C)c1C=O. The first-order valence-electron chi connectivity index (χ1n) is 6.96. The van der Waals surface area contributed by atoms with Gasteiger partial charge in [0.25, 0.3) is 0 Å². The van der Waals surface area contributed by atoms with Gasteiger partial charge < -0.3 is 0 Å². The molecular formula is C18H19ClOS. The summed E-state index contributed by atoms with van der Waals surface area (Å²) in [7, 11) is 0. The van der Waals surface area contributed by atoms with E-state index in [-0.39, 0.29) is 0 Å². The molecule has 0 bridgehead atoms. The van der Waals surface area contributed by atoms with E-state index >= 15 is 0 Å². The summed E-state index contributed by atoms with van der Waals surface area (Å²) in [5.74, 6) is 0.334. The number of carbonyl (C=O) groups excluding carboxylic acids is 1. The van der Waals surface area contributed by atoms with Gasteiger partial charge in [0.1, 0.15) is 0 Å². The number of hydrogen-bond acceptors (Lipinski definition) is 2. The van der Waals surface area contributed by atoms with Crippen molar-refractivity contribution in [2.24, 2.45) is 0 Å². The van der Waals surface area contributed by atoms with Crippen molar-refractivity contribution in [3.8, 4) is 10.4 Å². The van der Waals surface area contributed by atoms with Gasteiger partial charge in [-0.15, -0.1) is 11.3 Å². The van der Waals surface area contributed by atoms with E-state index in [0.717, 1.165) is 37.8 Å². The highest BCUT2D eigenvalue weighted by Crippen LogP contribution is 2.40. The Bertz CT molecular complexity index is 674. The Hall–Kier alpha value is -1.38. The molecule has 21 heavy (non-hydrogen) atoms. The highest BCUT2D eigenvalue weighted by atomic mass is 35.5. The van der Waals surface area contributed by atoms with Gasteiger partial charge in [0.15, 0.2) is 6.29 Å². The van der Waals surface area contributed by atoms with Crippen molar-refractivity contribution in [2.45, 2.75) is 33.6 Å². The van der Waals surface area contributed by atoms with Gasteiger partial charge in [-0.3, -0.25) is 4.79 Å². The normalized spacial score (nSPS) is 10.8. The average Bonchev–Trinajstić information content (AvgIpc) is 2.77. The van der Waals surface area contributed by atoms with Crippen LogP contribution < -0.4 is 0 Å². The summed E-state index contributed by atoms with van der Waals surface area (Å²) in [6.07, 6.45) is 3.08. The summed E-state index contributed by atoms with van der Waals surface area (Å²) >= 11 is 7.67. The summed E-state index contributed by atoms with van der Waals surface area (Å²) in [5, 5.41) is 0.721. The molecule has 0 aliphatic rings. The summed E-state index contributed by atoms with van der Waals surface area (Å²) in [5.41, 5.74) is 4.13. The van der Waals surface area contributed by atoms with E-state index in [4.69, 9.17) is 11.6 Å². The van der Waals surface area contributed by atoms with Crippen LogP contribution in [0.2, 0.25) is 5.02 Å². The smallest absolute Gasteiger partial charge is 0.151 e. The first-order valence-corrected chi connectivity index (χ1v) is 8.16. The molecule has 0 radical (unpaired) electrons. The third-order valence-electron chi connectivity index (χ3n) is 3.19. The Morgan fingerprint density at radius 3 is 2.24 bits per heavy atom. The fraction of sp³-hybridized carbons (Fsp3) is 0.278. The Balaban J connectivity index is 2.72. The fourth-order valence-corrected chi connectivity index (χ4v) is 3.66. The van der Waals surface area contributed by atoms with Crippen molar-refractivity contribution in [3.63, 3.8) is 0 Å². The molecule has 0 saturated heterocycles. The molecule has 110 valence electrons. The second-order valence-electron chi connectivity index (χ2n) is 5.62. The monoisotopic (exact) mass is 318 g/mol. The first-order chi connectivity index (χ1) is 9.93. The predicted molar refractivity (Wildman–Crippen MR) is 93.6 cm³/mol. The van der Waals surface area contributed by atoms with Crippen LogP contribution in [0.5, 0.6) is 0 Å². The molecule has 0 amide bonds. The molecule has 2 aromatic rings. The van der Waals surface area contributed by atoms with E-state index in [0.29, 0.717) is 5.92 Å². The van der Waals surface area contributed by atoms with Crippen LogP contribution in [-0.2, 0) is 0 Å². The number of benzene rings is 1. The maximum atomic E-state index is 11.6. The average molecular weight is 319 g/mol. The Morgan fingerprint density at radius 1 is 1.14 bits per heavy atom. The standard InChI is InChI=1S/C18H19ClOS/c1-11(2)9-15-16(10-20)17(12(3)4)21-18(15)13-5-7-14(19)8-6-13/h5-10,12H,1-4H3. The second kappa shape index (κ2) is 6.59. The molecule has 0 aliphatic heterocycles. The second-order valence-corrected chi connectivity index (χ2v) is 7.11. The summed E-state index contributed by atoms with van der Waals surface area (Å²) in [4.78, 5) is 13.9. The zero-order valence-electron chi connectivity index (χ0n) is 12.7. The van der Waals surface area contributed by atoms with E-state index in [1.165, 1.54) is 5.57 Å². The maximum Gasteiger partial charge on any atom is 0.151 e. The number of carbonyl (C=O) groups is 1. The Kier molecular flexibility index (Phi) is 5.02. The molecule has 0 atom stereocenters. The fourth-order valence-electron chi connectivity index (χ4n) is 2.27. The van der Waals surface area contributed by atoms with Crippen LogP contribution in [0.3, 0.4) is 0 Å². The van der Waals surface area contributed by atoms with E-state index in [1.54, 1.807) is 11.3 Å². The minimum absolute atomic E-state index is 0.334. The summed E-state index contributed by atoms with van der Waals surface area (Å²) in [6.45, 7) is 8.34. The Labute approximate surface area is 135 Å². The van der Waals surface area contributed by atoms with Crippen molar-refractivity contribution in [1.82, 2.24) is 0 Å². The molecule has 1 nitrogen and oxygen atoms in total. The zero-order valence-corrected chi connectivity index (χ0v) is 14.3. The lowest BCUT2D eigenvalue weighted by molar-refractivity contribution is 0.112. The molecule has 0 N–H and O–H groups in total. The molecule has 1 heterocycles. The highest BCUT2D eigenvalue weighted by molar-refractivity contribution is 7.16. The lowest BCUT2D eigenvalue weighted by Gasteiger charge is -2.03. The molecule has 0 saturated carbocycles. The number of thiophene rings is 1. The van der Waals surface area contributed by atoms with Crippen molar-refractivity contribution in [1.29, 1.82) is 0 Å². The van der Waals surface area contributed by atoms with E-state index < -0.39 is 0 Å². The van der Waals surface area contributed by atoms with Gasteiger partial charge in [0, 0.05) is 25.9 Å². The number of allylic oxidation sites excluding steroid dienone is 1. The van der Waals surface area contributed by atoms with Gasteiger partial charge in [-0.2, -0.15) is 0 Å². The number of rotatable bonds is 4. The number of halogens is 1. The van der Waals surface area contributed by atoms with Crippen molar-refractivity contribution < 1.29 is 4.79 Å². The van der Waals surface area contributed by atoms with Gasteiger partial charge in [-0.05, 0) is 37.5 Å². The lowest BCUT2D eigenvalue weighted by Crippen LogP contribution is -1.91. The van der Waals surface area contributed by atoms with Crippen molar-refractivity contribution >= 4 is 35.3 Å². The van der Waals surface area contributed by atoms with Gasteiger partial charge in [-0.1, -0.05) is 49.2 Å². The summed E-state index contributed by atoms with van der Waals surface area (Å²) < 4.78 is 0. The van der Waals surface area contributed by atoms with Crippen LogP contribution in [0.1, 0.15) is 54.4 Å². The van der Waals surface area contributed by atoms with Crippen LogP contribution in [0, 0.1) is 0 Å². The quantitative estimate of drug-likeness (QED) is 0.594. The molecule has 0 aliphatic carbocycles. The van der Waals surface area contributed by atoms with Crippen LogP contribution in [0.4, 0.5) is 0 Å². The van der Waals surface area contributed by atoms with Crippen LogP contribution >= 0.6 is 22.9 Å². The van der Waals surface area contributed by atoms with Crippen LogP contribution in [0.25, 0.3) is 16.5 Å². The lowest BCUT2D eigenvalue weighted by atomic mass is 10.00. The molecular weight excluding hydrogens is 300 g/mol. The third-order valence-corrected chi connectivity index (χ3v) is 5.02. The van der Waals surface area contributed by atoms with Gasteiger partial charge in [0.2, 0.25) is 0 Å². The molecule has 1 aromatic heterocycles. The minimum Gasteiger partial charge on any atom is -0.298 e. The first kappa shape index (κ1) is 16.0. The van der Waals surface area contributed by atoms with Crippen molar-refractivity contribution in [2.75, 3.05) is 0 Å². The molecule has 0 fully saturated rings.